The van der Waals surface area contributed by atoms with Crippen molar-refractivity contribution >= 4 is 0 Å². The van der Waals surface area contributed by atoms with Crippen molar-refractivity contribution < 1.29 is 4.74 Å². The third kappa shape index (κ3) is 7.94. The van der Waals surface area contributed by atoms with Crippen LogP contribution < -0.4 is 5.32 Å². The maximum atomic E-state index is 5.49. The lowest BCUT2D eigenvalue weighted by molar-refractivity contribution is 0.134. The van der Waals surface area contributed by atoms with Crippen molar-refractivity contribution in [3.05, 3.63) is 0 Å². The van der Waals surface area contributed by atoms with Crippen LogP contribution in [-0.4, -0.2) is 26.3 Å². The van der Waals surface area contributed by atoms with E-state index >= 15 is 0 Å². The van der Waals surface area contributed by atoms with Crippen molar-refractivity contribution in [1.82, 2.24) is 5.32 Å². The van der Waals surface area contributed by atoms with Crippen LogP contribution in [0.3, 0.4) is 0 Å². The Morgan fingerprint density at radius 3 is 2.53 bits per heavy atom. The zero-order chi connectivity index (χ0) is 13.9. The van der Waals surface area contributed by atoms with Gasteiger partial charge in [0.2, 0.25) is 0 Å². The van der Waals surface area contributed by atoms with Gasteiger partial charge in [-0.05, 0) is 57.0 Å². The number of rotatable bonds is 9. The molecule has 2 unspecified atom stereocenters. The molecule has 114 valence electrons. The first-order chi connectivity index (χ1) is 9.24. The van der Waals surface area contributed by atoms with Crippen LogP contribution in [0.15, 0.2) is 0 Å². The predicted molar refractivity (Wildman–Crippen MR) is 83.5 cm³/mol. The minimum Gasteiger partial charge on any atom is -0.382 e. The molecule has 0 spiro atoms. The lowest BCUT2D eigenvalue weighted by atomic mass is 9.84. The van der Waals surface area contributed by atoms with Gasteiger partial charge >= 0.3 is 0 Å². The monoisotopic (exact) mass is 269 g/mol. The quantitative estimate of drug-likeness (QED) is 0.499. The molecule has 2 heteroatoms. The fourth-order valence-corrected chi connectivity index (χ4v) is 3.26. The van der Waals surface area contributed by atoms with Gasteiger partial charge in [0.1, 0.15) is 0 Å². The molecule has 0 aliphatic heterocycles. The van der Waals surface area contributed by atoms with Gasteiger partial charge in [0.25, 0.3) is 0 Å². The summed E-state index contributed by atoms with van der Waals surface area (Å²) in [6, 6.07) is 0. The standard InChI is InChI=1S/C17H35NO/c1-4-19-12-8-11-16-9-6-5-7-10-17(16)14-18-13-15(2)3/h15-18H,4-14H2,1-3H3. The van der Waals surface area contributed by atoms with E-state index in [4.69, 9.17) is 4.74 Å². The molecular formula is C17H35NO. The van der Waals surface area contributed by atoms with Gasteiger partial charge in [-0.25, -0.2) is 0 Å². The lowest BCUT2D eigenvalue weighted by Gasteiger charge is -2.26. The normalized spacial score (nSPS) is 24.6. The van der Waals surface area contributed by atoms with Crippen LogP contribution >= 0.6 is 0 Å². The Labute approximate surface area is 120 Å². The first-order valence-electron chi connectivity index (χ1n) is 8.52. The Kier molecular flexibility index (Phi) is 9.54. The molecular weight excluding hydrogens is 234 g/mol. The summed E-state index contributed by atoms with van der Waals surface area (Å²) in [6.45, 7) is 10.9. The highest BCUT2D eigenvalue weighted by Crippen LogP contribution is 2.31. The van der Waals surface area contributed by atoms with Gasteiger partial charge in [0.15, 0.2) is 0 Å². The van der Waals surface area contributed by atoms with E-state index in [1.54, 1.807) is 0 Å². The molecule has 0 aromatic carbocycles. The highest BCUT2D eigenvalue weighted by atomic mass is 16.5. The summed E-state index contributed by atoms with van der Waals surface area (Å²) in [7, 11) is 0. The minimum atomic E-state index is 0.766. The molecule has 0 saturated heterocycles. The maximum Gasteiger partial charge on any atom is 0.0465 e. The molecule has 0 heterocycles. The molecule has 1 aliphatic carbocycles. The molecule has 0 aromatic heterocycles. The van der Waals surface area contributed by atoms with Gasteiger partial charge < -0.3 is 10.1 Å². The number of hydrogen-bond acceptors (Lipinski definition) is 2. The van der Waals surface area contributed by atoms with Gasteiger partial charge in [0, 0.05) is 13.2 Å². The van der Waals surface area contributed by atoms with Crippen molar-refractivity contribution in [1.29, 1.82) is 0 Å². The maximum absolute atomic E-state index is 5.49. The molecule has 0 radical (unpaired) electrons. The summed E-state index contributed by atoms with van der Waals surface area (Å²) in [4.78, 5) is 0. The van der Waals surface area contributed by atoms with Crippen LogP contribution in [0.4, 0.5) is 0 Å². The Morgan fingerprint density at radius 1 is 1.11 bits per heavy atom. The molecule has 0 bridgehead atoms. The second-order valence-corrected chi connectivity index (χ2v) is 6.55. The fraction of sp³-hybridized carbons (Fsp3) is 1.00. The minimum absolute atomic E-state index is 0.766. The smallest absolute Gasteiger partial charge is 0.0465 e. The van der Waals surface area contributed by atoms with Crippen molar-refractivity contribution in [2.75, 3.05) is 26.3 Å². The second kappa shape index (κ2) is 10.7. The van der Waals surface area contributed by atoms with Crippen molar-refractivity contribution in [2.45, 2.75) is 65.7 Å². The van der Waals surface area contributed by atoms with Crippen molar-refractivity contribution in [2.24, 2.45) is 17.8 Å². The average molecular weight is 269 g/mol. The first-order valence-corrected chi connectivity index (χ1v) is 8.52. The lowest BCUT2D eigenvalue weighted by Crippen LogP contribution is -2.30. The van der Waals surface area contributed by atoms with E-state index in [-0.39, 0.29) is 0 Å². The van der Waals surface area contributed by atoms with E-state index in [2.05, 4.69) is 26.1 Å². The molecule has 1 aliphatic rings. The Bertz CT molecular complexity index is 205. The van der Waals surface area contributed by atoms with E-state index < -0.39 is 0 Å². The molecule has 2 nitrogen and oxygen atoms in total. The molecule has 2 atom stereocenters. The van der Waals surface area contributed by atoms with Crippen LogP contribution in [0.25, 0.3) is 0 Å². The molecule has 1 rings (SSSR count). The Hall–Kier alpha value is -0.0800. The van der Waals surface area contributed by atoms with E-state index in [0.29, 0.717) is 0 Å². The molecule has 1 N–H and O–H groups in total. The third-order valence-electron chi connectivity index (χ3n) is 4.34. The number of hydrogen-bond donors (Lipinski definition) is 1. The number of ether oxygens (including phenoxy) is 1. The van der Waals surface area contributed by atoms with Gasteiger partial charge in [0.05, 0.1) is 0 Å². The summed E-state index contributed by atoms with van der Waals surface area (Å²) >= 11 is 0. The van der Waals surface area contributed by atoms with E-state index in [0.717, 1.165) is 31.0 Å². The van der Waals surface area contributed by atoms with Crippen LogP contribution in [0.2, 0.25) is 0 Å². The Morgan fingerprint density at radius 2 is 1.84 bits per heavy atom. The largest absolute Gasteiger partial charge is 0.382 e. The Balaban J connectivity index is 2.28. The average Bonchev–Trinajstić information content (AvgIpc) is 2.60. The predicted octanol–water partition coefficient (Wildman–Crippen LogP) is 4.25. The van der Waals surface area contributed by atoms with Crippen molar-refractivity contribution in [3.8, 4) is 0 Å². The molecule has 1 fully saturated rings. The fourth-order valence-electron chi connectivity index (χ4n) is 3.26. The molecule has 1 saturated carbocycles. The summed E-state index contributed by atoms with van der Waals surface area (Å²) in [5, 5.41) is 3.68. The van der Waals surface area contributed by atoms with Crippen LogP contribution in [-0.2, 0) is 4.74 Å². The highest BCUT2D eigenvalue weighted by molar-refractivity contribution is 4.76. The van der Waals surface area contributed by atoms with Gasteiger partial charge in [-0.3, -0.25) is 0 Å². The van der Waals surface area contributed by atoms with Gasteiger partial charge in [-0.1, -0.05) is 39.5 Å². The molecule has 0 aromatic rings. The SMILES string of the molecule is CCOCCCC1CCCCCC1CNCC(C)C. The van der Waals surface area contributed by atoms with E-state index in [9.17, 15) is 0 Å². The third-order valence-corrected chi connectivity index (χ3v) is 4.34. The zero-order valence-corrected chi connectivity index (χ0v) is 13.4. The van der Waals surface area contributed by atoms with Crippen LogP contribution in [0.5, 0.6) is 0 Å². The highest BCUT2D eigenvalue weighted by Gasteiger charge is 2.22. The van der Waals surface area contributed by atoms with Crippen LogP contribution in [0.1, 0.15) is 65.7 Å². The van der Waals surface area contributed by atoms with E-state index in [1.165, 1.54) is 58.0 Å². The first kappa shape index (κ1) is 17.0. The molecule has 19 heavy (non-hydrogen) atoms. The summed E-state index contributed by atoms with van der Waals surface area (Å²) in [5.41, 5.74) is 0. The molecule has 0 amide bonds. The van der Waals surface area contributed by atoms with Gasteiger partial charge in [-0.15, -0.1) is 0 Å². The van der Waals surface area contributed by atoms with E-state index in [1.807, 2.05) is 0 Å². The number of nitrogens with one attached hydrogen (secondary N) is 1. The van der Waals surface area contributed by atoms with Crippen LogP contribution in [0, 0.1) is 17.8 Å². The summed E-state index contributed by atoms with van der Waals surface area (Å²) in [5.74, 6) is 2.60. The summed E-state index contributed by atoms with van der Waals surface area (Å²) in [6.07, 6.45) is 9.83. The van der Waals surface area contributed by atoms with Crippen molar-refractivity contribution in [3.63, 3.8) is 0 Å². The summed E-state index contributed by atoms with van der Waals surface area (Å²) < 4.78 is 5.49. The van der Waals surface area contributed by atoms with Gasteiger partial charge in [-0.2, -0.15) is 0 Å². The zero-order valence-electron chi connectivity index (χ0n) is 13.4. The topological polar surface area (TPSA) is 21.3 Å². The second-order valence-electron chi connectivity index (χ2n) is 6.55.